The average Bonchev–Trinajstić information content (AvgIpc) is 2.94. The van der Waals surface area contributed by atoms with Gasteiger partial charge in [-0.3, -0.25) is 0 Å². The standard InChI is InChI=1S/C15H21NO/c1-17-9-8-16-11-13-10-15(13)7-6-12-4-2-3-5-14(12)15/h2-5,13,16H,6-11H2,1H3. The van der Waals surface area contributed by atoms with Crippen molar-refractivity contribution in [2.24, 2.45) is 5.92 Å². The van der Waals surface area contributed by atoms with Gasteiger partial charge in [-0.25, -0.2) is 0 Å². The fourth-order valence-corrected chi connectivity index (χ4v) is 3.45. The van der Waals surface area contributed by atoms with E-state index in [1.807, 2.05) is 0 Å². The molecule has 2 atom stereocenters. The lowest BCUT2D eigenvalue weighted by Crippen LogP contribution is -2.24. The Hall–Kier alpha value is -0.860. The van der Waals surface area contributed by atoms with E-state index < -0.39 is 0 Å². The molecule has 0 saturated heterocycles. The van der Waals surface area contributed by atoms with E-state index >= 15 is 0 Å². The second kappa shape index (κ2) is 4.43. The third kappa shape index (κ3) is 1.90. The van der Waals surface area contributed by atoms with Crippen LogP contribution in [0.5, 0.6) is 0 Å². The van der Waals surface area contributed by atoms with E-state index in [0.29, 0.717) is 5.41 Å². The molecule has 2 heteroatoms. The minimum absolute atomic E-state index is 0.538. The molecular formula is C15H21NO. The number of methoxy groups -OCH3 is 1. The van der Waals surface area contributed by atoms with Crippen molar-refractivity contribution < 1.29 is 4.74 Å². The SMILES string of the molecule is COCCNCC1CC12CCc1ccccc12. The quantitative estimate of drug-likeness (QED) is 0.784. The van der Waals surface area contributed by atoms with Crippen molar-refractivity contribution >= 4 is 0 Å². The summed E-state index contributed by atoms with van der Waals surface area (Å²) in [5.41, 5.74) is 3.77. The molecule has 0 bridgehead atoms. The maximum atomic E-state index is 5.05. The molecule has 2 aliphatic rings. The zero-order valence-corrected chi connectivity index (χ0v) is 10.5. The molecule has 2 aliphatic carbocycles. The zero-order valence-electron chi connectivity index (χ0n) is 10.5. The van der Waals surface area contributed by atoms with Gasteiger partial charge in [0.15, 0.2) is 0 Å². The minimum atomic E-state index is 0.538. The number of nitrogens with one attached hydrogen (secondary N) is 1. The van der Waals surface area contributed by atoms with E-state index in [4.69, 9.17) is 4.74 Å². The largest absolute Gasteiger partial charge is 0.383 e. The minimum Gasteiger partial charge on any atom is -0.383 e. The van der Waals surface area contributed by atoms with Gasteiger partial charge in [-0.05, 0) is 42.9 Å². The van der Waals surface area contributed by atoms with Crippen molar-refractivity contribution in [2.75, 3.05) is 26.8 Å². The second-order valence-electron chi connectivity index (χ2n) is 5.41. The molecule has 1 aromatic carbocycles. The van der Waals surface area contributed by atoms with Crippen molar-refractivity contribution in [1.29, 1.82) is 0 Å². The van der Waals surface area contributed by atoms with Gasteiger partial charge in [0.05, 0.1) is 6.61 Å². The second-order valence-corrected chi connectivity index (χ2v) is 5.41. The Morgan fingerprint density at radius 1 is 1.41 bits per heavy atom. The first-order chi connectivity index (χ1) is 8.37. The number of hydrogen-bond donors (Lipinski definition) is 1. The number of aryl methyl sites for hydroxylation is 1. The number of ether oxygens (including phenoxy) is 1. The molecule has 0 heterocycles. The van der Waals surface area contributed by atoms with Gasteiger partial charge in [0.25, 0.3) is 0 Å². The lowest BCUT2D eigenvalue weighted by atomic mass is 9.95. The van der Waals surface area contributed by atoms with Crippen LogP contribution in [0.25, 0.3) is 0 Å². The van der Waals surface area contributed by atoms with Crippen LogP contribution in [0.3, 0.4) is 0 Å². The first kappa shape index (κ1) is 11.2. The van der Waals surface area contributed by atoms with Crippen LogP contribution >= 0.6 is 0 Å². The molecule has 1 fully saturated rings. The van der Waals surface area contributed by atoms with Crippen molar-refractivity contribution in [1.82, 2.24) is 5.32 Å². The van der Waals surface area contributed by atoms with Gasteiger partial charge in [0, 0.05) is 19.1 Å². The van der Waals surface area contributed by atoms with E-state index in [0.717, 1.165) is 25.6 Å². The highest BCUT2D eigenvalue weighted by atomic mass is 16.5. The number of hydrogen-bond acceptors (Lipinski definition) is 2. The normalized spacial score (nSPS) is 29.6. The monoisotopic (exact) mass is 231 g/mol. The Kier molecular flexibility index (Phi) is 2.93. The summed E-state index contributed by atoms with van der Waals surface area (Å²) < 4.78 is 5.05. The summed E-state index contributed by atoms with van der Waals surface area (Å²) in [6.07, 6.45) is 4.03. The van der Waals surface area contributed by atoms with E-state index in [2.05, 4.69) is 29.6 Å². The van der Waals surface area contributed by atoms with Crippen LogP contribution in [0.1, 0.15) is 24.0 Å². The lowest BCUT2D eigenvalue weighted by molar-refractivity contribution is 0.199. The Bertz CT molecular complexity index is 404. The number of fused-ring (bicyclic) bond motifs is 2. The molecule has 0 aromatic heterocycles. The molecule has 0 amide bonds. The maximum absolute atomic E-state index is 5.05. The van der Waals surface area contributed by atoms with Crippen LogP contribution in [-0.4, -0.2) is 26.8 Å². The van der Waals surface area contributed by atoms with Crippen molar-refractivity contribution in [3.63, 3.8) is 0 Å². The summed E-state index contributed by atoms with van der Waals surface area (Å²) in [6, 6.07) is 9.01. The van der Waals surface area contributed by atoms with Gasteiger partial charge >= 0.3 is 0 Å². The molecular weight excluding hydrogens is 210 g/mol. The summed E-state index contributed by atoms with van der Waals surface area (Å²) in [4.78, 5) is 0. The highest BCUT2D eigenvalue weighted by molar-refractivity contribution is 5.45. The van der Waals surface area contributed by atoms with Crippen LogP contribution in [-0.2, 0) is 16.6 Å². The smallest absolute Gasteiger partial charge is 0.0587 e. The van der Waals surface area contributed by atoms with E-state index in [1.54, 1.807) is 18.2 Å². The Morgan fingerprint density at radius 2 is 2.29 bits per heavy atom. The van der Waals surface area contributed by atoms with Crippen molar-refractivity contribution in [3.8, 4) is 0 Å². The summed E-state index contributed by atoms with van der Waals surface area (Å²) in [5.74, 6) is 0.850. The summed E-state index contributed by atoms with van der Waals surface area (Å²) in [6.45, 7) is 2.94. The number of benzene rings is 1. The molecule has 1 N–H and O–H groups in total. The third-order valence-corrected chi connectivity index (χ3v) is 4.50. The average molecular weight is 231 g/mol. The molecule has 2 unspecified atom stereocenters. The van der Waals surface area contributed by atoms with Crippen LogP contribution in [0, 0.1) is 5.92 Å². The molecule has 2 nitrogen and oxygen atoms in total. The van der Waals surface area contributed by atoms with Gasteiger partial charge in [-0.1, -0.05) is 24.3 Å². The third-order valence-electron chi connectivity index (χ3n) is 4.50. The molecule has 0 aliphatic heterocycles. The van der Waals surface area contributed by atoms with Crippen LogP contribution in [0.15, 0.2) is 24.3 Å². The zero-order chi connectivity index (χ0) is 11.7. The summed E-state index contributed by atoms with van der Waals surface area (Å²) in [7, 11) is 1.76. The van der Waals surface area contributed by atoms with Crippen LogP contribution < -0.4 is 5.32 Å². The Morgan fingerprint density at radius 3 is 3.18 bits per heavy atom. The van der Waals surface area contributed by atoms with Gasteiger partial charge in [-0.15, -0.1) is 0 Å². The molecule has 3 rings (SSSR count). The van der Waals surface area contributed by atoms with Gasteiger partial charge in [0.2, 0.25) is 0 Å². The highest BCUT2D eigenvalue weighted by Gasteiger charge is 2.57. The van der Waals surface area contributed by atoms with Crippen molar-refractivity contribution in [2.45, 2.75) is 24.7 Å². The molecule has 1 saturated carbocycles. The first-order valence-electron chi connectivity index (χ1n) is 6.65. The fraction of sp³-hybridized carbons (Fsp3) is 0.600. The molecule has 1 aromatic rings. The van der Waals surface area contributed by atoms with Crippen LogP contribution in [0.2, 0.25) is 0 Å². The summed E-state index contributed by atoms with van der Waals surface area (Å²) in [5, 5.41) is 3.51. The first-order valence-corrected chi connectivity index (χ1v) is 6.65. The maximum Gasteiger partial charge on any atom is 0.0587 e. The Labute approximate surface area is 103 Å². The van der Waals surface area contributed by atoms with Crippen LogP contribution in [0.4, 0.5) is 0 Å². The summed E-state index contributed by atoms with van der Waals surface area (Å²) >= 11 is 0. The fourth-order valence-electron chi connectivity index (χ4n) is 3.45. The van der Waals surface area contributed by atoms with Crippen molar-refractivity contribution in [3.05, 3.63) is 35.4 Å². The predicted molar refractivity (Wildman–Crippen MR) is 69.3 cm³/mol. The van der Waals surface area contributed by atoms with E-state index in [9.17, 15) is 0 Å². The topological polar surface area (TPSA) is 21.3 Å². The molecule has 92 valence electrons. The lowest BCUT2D eigenvalue weighted by Gasteiger charge is -2.12. The van der Waals surface area contributed by atoms with Gasteiger partial charge < -0.3 is 10.1 Å². The highest BCUT2D eigenvalue weighted by Crippen LogP contribution is 2.61. The van der Waals surface area contributed by atoms with Gasteiger partial charge in [-0.2, -0.15) is 0 Å². The van der Waals surface area contributed by atoms with E-state index in [1.165, 1.54) is 19.3 Å². The van der Waals surface area contributed by atoms with E-state index in [-0.39, 0.29) is 0 Å². The molecule has 1 spiro atoms. The molecule has 0 radical (unpaired) electrons. The predicted octanol–water partition coefficient (Wildman–Crippen LogP) is 2.13. The number of rotatable bonds is 5. The Balaban J connectivity index is 1.60. The molecule has 17 heavy (non-hydrogen) atoms. The van der Waals surface area contributed by atoms with Gasteiger partial charge in [0.1, 0.15) is 0 Å².